The molecular weight excluding hydrogens is 160 g/mol. The molecule has 1 nitrogen and oxygen atoms in total. The Morgan fingerprint density at radius 3 is 2.77 bits per heavy atom. The molecule has 2 unspecified atom stereocenters. The Bertz CT molecular complexity index is 219. The molecule has 0 aromatic heterocycles. The van der Waals surface area contributed by atoms with Crippen LogP contribution in [-0.4, -0.2) is 5.78 Å². The minimum absolute atomic E-state index is 0.117. The number of hydrogen-bond donors (Lipinski definition) is 0. The van der Waals surface area contributed by atoms with Crippen LogP contribution in [-0.2, 0) is 4.79 Å². The van der Waals surface area contributed by atoms with E-state index in [-0.39, 0.29) is 11.3 Å². The SMILES string of the molecule is C=CC[C@]1(C)CCC(C)C(C)C1=O. The Balaban J connectivity index is 2.79. The molecule has 0 saturated heterocycles. The van der Waals surface area contributed by atoms with E-state index in [9.17, 15) is 4.79 Å². The second-order valence-corrected chi connectivity index (χ2v) is 4.72. The maximum Gasteiger partial charge on any atom is 0.142 e. The summed E-state index contributed by atoms with van der Waals surface area (Å²) in [6.45, 7) is 10.0. The third-order valence-corrected chi connectivity index (χ3v) is 3.61. The predicted octanol–water partition coefficient (Wildman–Crippen LogP) is 3.20. The molecule has 1 aliphatic rings. The van der Waals surface area contributed by atoms with Crippen molar-refractivity contribution in [2.24, 2.45) is 17.3 Å². The van der Waals surface area contributed by atoms with Gasteiger partial charge in [-0.25, -0.2) is 0 Å². The van der Waals surface area contributed by atoms with E-state index in [4.69, 9.17) is 0 Å². The second-order valence-electron chi connectivity index (χ2n) is 4.72. The normalized spacial score (nSPS) is 40.4. The molecule has 0 aromatic carbocycles. The van der Waals surface area contributed by atoms with Crippen molar-refractivity contribution in [3.8, 4) is 0 Å². The summed E-state index contributed by atoms with van der Waals surface area (Å²) in [6, 6.07) is 0. The quantitative estimate of drug-likeness (QED) is 0.596. The number of ketones is 1. The zero-order chi connectivity index (χ0) is 10.1. The minimum atomic E-state index is -0.117. The number of allylic oxidation sites excluding steroid dienone is 1. The van der Waals surface area contributed by atoms with Crippen molar-refractivity contribution in [2.75, 3.05) is 0 Å². The van der Waals surface area contributed by atoms with E-state index in [1.165, 1.54) is 6.42 Å². The first-order valence-corrected chi connectivity index (χ1v) is 5.16. The van der Waals surface area contributed by atoms with E-state index < -0.39 is 0 Å². The van der Waals surface area contributed by atoms with E-state index in [0.29, 0.717) is 11.7 Å². The molecule has 3 atom stereocenters. The van der Waals surface area contributed by atoms with Gasteiger partial charge in [0.25, 0.3) is 0 Å². The number of rotatable bonds is 2. The highest BCUT2D eigenvalue weighted by atomic mass is 16.1. The van der Waals surface area contributed by atoms with Gasteiger partial charge in [-0.3, -0.25) is 4.79 Å². The third kappa shape index (κ3) is 1.84. The lowest BCUT2D eigenvalue weighted by Crippen LogP contribution is -2.39. The van der Waals surface area contributed by atoms with Crippen molar-refractivity contribution in [1.82, 2.24) is 0 Å². The van der Waals surface area contributed by atoms with Crippen LogP contribution < -0.4 is 0 Å². The number of carbonyl (C=O) groups is 1. The molecule has 0 aromatic rings. The number of carbonyl (C=O) groups excluding carboxylic acids is 1. The molecule has 74 valence electrons. The van der Waals surface area contributed by atoms with Gasteiger partial charge in [0.15, 0.2) is 0 Å². The summed E-state index contributed by atoms with van der Waals surface area (Å²) in [5, 5.41) is 0. The van der Waals surface area contributed by atoms with Gasteiger partial charge in [-0.2, -0.15) is 0 Å². The summed E-state index contributed by atoms with van der Waals surface area (Å²) >= 11 is 0. The highest BCUT2D eigenvalue weighted by molar-refractivity contribution is 5.87. The molecular formula is C12H20O. The molecule has 0 amide bonds. The number of hydrogen-bond acceptors (Lipinski definition) is 1. The zero-order valence-corrected chi connectivity index (χ0v) is 8.97. The average molecular weight is 180 g/mol. The Kier molecular flexibility index (Phi) is 2.94. The smallest absolute Gasteiger partial charge is 0.142 e. The summed E-state index contributed by atoms with van der Waals surface area (Å²) in [6.07, 6.45) is 4.92. The summed E-state index contributed by atoms with van der Waals surface area (Å²) in [5.41, 5.74) is -0.117. The van der Waals surface area contributed by atoms with E-state index in [0.717, 1.165) is 12.8 Å². The maximum atomic E-state index is 12.0. The van der Waals surface area contributed by atoms with Crippen LogP contribution in [0.5, 0.6) is 0 Å². The lowest BCUT2D eigenvalue weighted by Gasteiger charge is -2.38. The first-order valence-electron chi connectivity index (χ1n) is 5.16. The average Bonchev–Trinajstić information content (AvgIpc) is 2.10. The summed E-state index contributed by atoms with van der Waals surface area (Å²) in [5.74, 6) is 1.23. The van der Waals surface area contributed by atoms with Crippen LogP contribution in [0.2, 0.25) is 0 Å². The van der Waals surface area contributed by atoms with Crippen molar-refractivity contribution in [3.05, 3.63) is 12.7 Å². The van der Waals surface area contributed by atoms with Crippen molar-refractivity contribution in [1.29, 1.82) is 0 Å². The Morgan fingerprint density at radius 1 is 1.62 bits per heavy atom. The molecule has 0 spiro atoms. The largest absolute Gasteiger partial charge is 0.299 e. The Morgan fingerprint density at radius 2 is 2.23 bits per heavy atom. The molecule has 0 radical (unpaired) electrons. The van der Waals surface area contributed by atoms with Crippen molar-refractivity contribution < 1.29 is 4.79 Å². The highest BCUT2D eigenvalue weighted by Gasteiger charge is 2.40. The van der Waals surface area contributed by atoms with Crippen LogP contribution in [0.3, 0.4) is 0 Å². The summed E-state index contributed by atoms with van der Waals surface area (Å²) in [4.78, 5) is 12.0. The Labute approximate surface area is 81.2 Å². The van der Waals surface area contributed by atoms with Gasteiger partial charge >= 0.3 is 0 Å². The fourth-order valence-corrected chi connectivity index (χ4v) is 2.25. The summed E-state index contributed by atoms with van der Waals surface area (Å²) in [7, 11) is 0. The topological polar surface area (TPSA) is 17.1 Å². The van der Waals surface area contributed by atoms with Gasteiger partial charge in [0.05, 0.1) is 0 Å². The lowest BCUT2D eigenvalue weighted by molar-refractivity contribution is -0.136. The third-order valence-electron chi connectivity index (χ3n) is 3.61. The molecule has 0 N–H and O–H groups in total. The predicted molar refractivity (Wildman–Crippen MR) is 55.5 cm³/mol. The second kappa shape index (κ2) is 3.65. The maximum absolute atomic E-state index is 12.0. The fourth-order valence-electron chi connectivity index (χ4n) is 2.25. The van der Waals surface area contributed by atoms with E-state index in [1.54, 1.807) is 0 Å². The summed E-state index contributed by atoms with van der Waals surface area (Å²) < 4.78 is 0. The fraction of sp³-hybridized carbons (Fsp3) is 0.750. The van der Waals surface area contributed by atoms with Crippen molar-refractivity contribution in [2.45, 2.75) is 40.0 Å². The van der Waals surface area contributed by atoms with Crippen LogP contribution >= 0.6 is 0 Å². The molecule has 1 rings (SSSR count). The van der Waals surface area contributed by atoms with Gasteiger partial charge in [-0.05, 0) is 25.2 Å². The van der Waals surface area contributed by atoms with E-state index in [1.807, 2.05) is 6.08 Å². The van der Waals surface area contributed by atoms with Crippen LogP contribution in [0.15, 0.2) is 12.7 Å². The van der Waals surface area contributed by atoms with Gasteiger partial charge in [0.1, 0.15) is 5.78 Å². The Hall–Kier alpha value is -0.590. The molecule has 1 aliphatic carbocycles. The molecule has 1 saturated carbocycles. The van der Waals surface area contributed by atoms with Gasteiger partial charge < -0.3 is 0 Å². The van der Waals surface area contributed by atoms with Gasteiger partial charge in [0, 0.05) is 11.3 Å². The molecule has 0 bridgehead atoms. The van der Waals surface area contributed by atoms with Crippen LogP contribution in [0.25, 0.3) is 0 Å². The first kappa shape index (κ1) is 10.5. The molecule has 13 heavy (non-hydrogen) atoms. The number of Topliss-reactive ketones (excluding diaryl/α,β-unsaturated/α-hetero) is 1. The standard InChI is InChI=1S/C12H20O/c1-5-7-12(4)8-6-9(2)10(3)11(12)13/h5,9-10H,1,6-8H2,2-4H3/t9?,10?,12-/m1/s1. The first-order chi connectivity index (χ1) is 6.01. The molecule has 0 aliphatic heterocycles. The van der Waals surface area contributed by atoms with E-state index >= 15 is 0 Å². The lowest BCUT2D eigenvalue weighted by atomic mass is 9.65. The zero-order valence-electron chi connectivity index (χ0n) is 8.97. The van der Waals surface area contributed by atoms with Gasteiger partial charge in [0.2, 0.25) is 0 Å². The highest BCUT2D eigenvalue weighted by Crippen LogP contribution is 2.41. The molecule has 1 heteroatoms. The minimum Gasteiger partial charge on any atom is -0.299 e. The van der Waals surface area contributed by atoms with Crippen molar-refractivity contribution in [3.63, 3.8) is 0 Å². The van der Waals surface area contributed by atoms with Crippen LogP contribution in [0.4, 0.5) is 0 Å². The monoisotopic (exact) mass is 180 g/mol. The molecule has 1 fully saturated rings. The van der Waals surface area contributed by atoms with Crippen molar-refractivity contribution >= 4 is 5.78 Å². The van der Waals surface area contributed by atoms with Crippen LogP contribution in [0, 0.1) is 17.3 Å². The van der Waals surface area contributed by atoms with E-state index in [2.05, 4.69) is 27.4 Å². The molecule has 0 heterocycles. The van der Waals surface area contributed by atoms with Gasteiger partial charge in [-0.1, -0.05) is 26.8 Å². The van der Waals surface area contributed by atoms with Crippen LogP contribution in [0.1, 0.15) is 40.0 Å². The van der Waals surface area contributed by atoms with Gasteiger partial charge in [-0.15, -0.1) is 6.58 Å².